The zero-order valence-electron chi connectivity index (χ0n) is 12.2. The van der Waals surface area contributed by atoms with Crippen molar-refractivity contribution in [3.8, 4) is 11.3 Å². The predicted octanol–water partition coefficient (Wildman–Crippen LogP) is 5.20. The molecule has 2 heterocycles. The van der Waals surface area contributed by atoms with Crippen molar-refractivity contribution in [2.75, 3.05) is 0 Å². The van der Waals surface area contributed by atoms with Gasteiger partial charge in [0.15, 0.2) is 5.58 Å². The summed E-state index contributed by atoms with van der Waals surface area (Å²) in [5.74, 6) is 0. The Labute approximate surface area is 132 Å². The first-order valence-electron chi connectivity index (χ1n) is 7.52. The average molecular weight is 296 g/mol. The van der Waals surface area contributed by atoms with E-state index in [0.717, 1.165) is 38.7 Å². The van der Waals surface area contributed by atoms with E-state index in [1.807, 2.05) is 42.5 Å². The molecule has 0 aliphatic rings. The fraction of sp³-hybridized carbons (Fsp3) is 0. The van der Waals surface area contributed by atoms with Crippen LogP contribution in [0.5, 0.6) is 0 Å². The van der Waals surface area contributed by atoms with Crippen LogP contribution in [0.4, 0.5) is 0 Å². The molecular formula is C20H12N2O. The molecule has 5 rings (SSSR count). The van der Waals surface area contributed by atoms with Crippen LogP contribution in [0.2, 0.25) is 0 Å². The molecule has 108 valence electrons. The molecule has 0 aliphatic heterocycles. The summed E-state index contributed by atoms with van der Waals surface area (Å²) in [5.41, 5.74) is 4.34. The Kier molecular flexibility index (Phi) is 2.50. The topological polar surface area (TPSA) is 38.9 Å². The van der Waals surface area contributed by atoms with E-state index in [1.165, 1.54) is 5.39 Å². The highest BCUT2D eigenvalue weighted by atomic mass is 16.3. The van der Waals surface area contributed by atoms with Crippen molar-refractivity contribution in [2.24, 2.45) is 0 Å². The Morgan fingerprint density at radius 1 is 0.696 bits per heavy atom. The van der Waals surface area contributed by atoms with Gasteiger partial charge in [0.2, 0.25) is 0 Å². The Hall–Kier alpha value is -3.20. The van der Waals surface area contributed by atoms with Crippen molar-refractivity contribution >= 4 is 32.8 Å². The normalized spacial score (nSPS) is 11.5. The zero-order valence-corrected chi connectivity index (χ0v) is 12.2. The molecule has 2 aromatic heterocycles. The summed E-state index contributed by atoms with van der Waals surface area (Å²) < 4.78 is 6.06. The lowest BCUT2D eigenvalue weighted by molar-refractivity contribution is 0.667. The second-order valence-corrected chi connectivity index (χ2v) is 5.52. The van der Waals surface area contributed by atoms with Crippen molar-refractivity contribution in [1.82, 2.24) is 9.97 Å². The van der Waals surface area contributed by atoms with E-state index in [9.17, 15) is 0 Å². The Bertz CT molecular complexity index is 1170. The number of hydrogen-bond donors (Lipinski definition) is 0. The second kappa shape index (κ2) is 4.65. The first-order chi connectivity index (χ1) is 11.4. The second-order valence-electron chi connectivity index (χ2n) is 5.52. The molecule has 0 atom stereocenters. The van der Waals surface area contributed by atoms with Gasteiger partial charge in [0.1, 0.15) is 23.1 Å². The third-order valence-electron chi connectivity index (χ3n) is 4.20. The van der Waals surface area contributed by atoms with Gasteiger partial charge in [-0.25, -0.2) is 9.97 Å². The molecule has 0 fully saturated rings. The minimum Gasteiger partial charge on any atom is -0.452 e. The van der Waals surface area contributed by atoms with E-state index in [0.29, 0.717) is 0 Å². The van der Waals surface area contributed by atoms with Gasteiger partial charge in [-0.2, -0.15) is 0 Å². The maximum absolute atomic E-state index is 6.06. The van der Waals surface area contributed by atoms with E-state index in [4.69, 9.17) is 4.42 Å². The Morgan fingerprint density at radius 3 is 2.43 bits per heavy atom. The summed E-state index contributed by atoms with van der Waals surface area (Å²) in [6.07, 6.45) is 1.61. The SMILES string of the molecule is c1ccc2c(-c3ncnc4c3oc3ccccc34)cccc2c1. The fourth-order valence-electron chi connectivity index (χ4n) is 3.15. The largest absolute Gasteiger partial charge is 0.452 e. The first-order valence-corrected chi connectivity index (χ1v) is 7.52. The molecule has 0 unspecified atom stereocenters. The molecule has 0 saturated carbocycles. The highest BCUT2D eigenvalue weighted by molar-refractivity contribution is 6.09. The Morgan fingerprint density at radius 2 is 1.48 bits per heavy atom. The number of nitrogens with zero attached hydrogens (tertiary/aromatic N) is 2. The molecule has 0 bridgehead atoms. The van der Waals surface area contributed by atoms with Gasteiger partial charge in [-0.1, -0.05) is 54.6 Å². The minimum absolute atomic E-state index is 0.741. The van der Waals surface area contributed by atoms with E-state index < -0.39 is 0 Å². The lowest BCUT2D eigenvalue weighted by Gasteiger charge is -2.06. The van der Waals surface area contributed by atoms with Crippen LogP contribution in [0.25, 0.3) is 44.1 Å². The quantitative estimate of drug-likeness (QED) is 0.427. The van der Waals surface area contributed by atoms with Crippen LogP contribution in [0.1, 0.15) is 0 Å². The van der Waals surface area contributed by atoms with Crippen LogP contribution < -0.4 is 0 Å². The number of hydrogen-bond acceptors (Lipinski definition) is 3. The van der Waals surface area contributed by atoms with Gasteiger partial charge in [-0.3, -0.25) is 0 Å². The summed E-state index contributed by atoms with van der Waals surface area (Å²) >= 11 is 0. The van der Waals surface area contributed by atoms with Crippen molar-refractivity contribution < 1.29 is 4.42 Å². The van der Waals surface area contributed by atoms with E-state index in [1.54, 1.807) is 6.33 Å². The van der Waals surface area contributed by atoms with Crippen LogP contribution in [0.15, 0.2) is 77.5 Å². The third kappa shape index (κ3) is 1.77. The first kappa shape index (κ1) is 12.4. The van der Waals surface area contributed by atoms with Crippen LogP contribution in [-0.2, 0) is 0 Å². The van der Waals surface area contributed by atoms with Crippen LogP contribution >= 0.6 is 0 Å². The summed E-state index contributed by atoms with van der Waals surface area (Å²) in [6, 6.07) is 22.5. The highest BCUT2D eigenvalue weighted by Crippen LogP contribution is 2.35. The molecule has 0 radical (unpaired) electrons. The van der Waals surface area contributed by atoms with Gasteiger partial charge in [0.05, 0.1) is 0 Å². The molecule has 0 N–H and O–H groups in total. The fourth-order valence-corrected chi connectivity index (χ4v) is 3.15. The molecule has 0 saturated heterocycles. The van der Waals surface area contributed by atoms with Crippen LogP contribution in [0, 0.1) is 0 Å². The molecule has 0 spiro atoms. The summed E-state index contributed by atoms with van der Waals surface area (Å²) in [4.78, 5) is 8.95. The molecule has 3 heteroatoms. The zero-order chi connectivity index (χ0) is 15.2. The van der Waals surface area contributed by atoms with Gasteiger partial charge in [0.25, 0.3) is 0 Å². The predicted molar refractivity (Wildman–Crippen MR) is 92.3 cm³/mol. The highest BCUT2D eigenvalue weighted by Gasteiger charge is 2.15. The molecule has 3 aromatic carbocycles. The van der Waals surface area contributed by atoms with E-state index in [-0.39, 0.29) is 0 Å². The van der Waals surface area contributed by atoms with Gasteiger partial charge in [-0.15, -0.1) is 0 Å². The Balaban J connectivity index is 1.93. The maximum Gasteiger partial charge on any atom is 0.180 e. The standard InChI is InChI=1S/C20H12N2O/c1-2-8-14-13(6-1)7-5-10-15(14)18-20-19(22-12-21-18)16-9-3-4-11-17(16)23-20/h1-12H. The van der Waals surface area contributed by atoms with Crippen molar-refractivity contribution in [3.63, 3.8) is 0 Å². The van der Waals surface area contributed by atoms with Crippen molar-refractivity contribution in [3.05, 3.63) is 73.1 Å². The van der Waals surface area contributed by atoms with Crippen molar-refractivity contribution in [2.45, 2.75) is 0 Å². The molecule has 5 aromatic rings. The molecule has 0 amide bonds. The minimum atomic E-state index is 0.741. The van der Waals surface area contributed by atoms with Crippen molar-refractivity contribution in [1.29, 1.82) is 0 Å². The van der Waals surface area contributed by atoms with Gasteiger partial charge < -0.3 is 4.42 Å². The monoisotopic (exact) mass is 296 g/mol. The maximum atomic E-state index is 6.06. The molecule has 0 aliphatic carbocycles. The van der Waals surface area contributed by atoms with Gasteiger partial charge in [-0.05, 0) is 22.9 Å². The van der Waals surface area contributed by atoms with Gasteiger partial charge in [0, 0.05) is 10.9 Å². The number of benzene rings is 3. The third-order valence-corrected chi connectivity index (χ3v) is 4.20. The number of rotatable bonds is 1. The lowest BCUT2D eigenvalue weighted by Crippen LogP contribution is -1.88. The lowest BCUT2D eigenvalue weighted by atomic mass is 10.0. The average Bonchev–Trinajstić information content (AvgIpc) is 3.00. The van der Waals surface area contributed by atoms with Crippen LogP contribution in [-0.4, -0.2) is 9.97 Å². The smallest absolute Gasteiger partial charge is 0.180 e. The summed E-state index contributed by atoms with van der Waals surface area (Å²) in [7, 11) is 0. The summed E-state index contributed by atoms with van der Waals surface area (Å²) in [6.45, 7) is 0. The van der Waals surface area contributed by atoms with Crippen LogP contribution in [0.3, 0.4) is 0 Å². The van der Waals surface area contributed by atoms with E-state index in [2.05, 4.69) is 34.2 Å². The number of aromatic nitrogens is 2. The number of furan rings is 1. The van der Waals surface area contributed by atoms with E-state index >= 15 is 0 Å². The molecular weight excluding hydrogens is 284 g/mol. The molecule has 23 heavy (non-hydrogen) atoms. The molecule has 3 nitrogen and oxygen atoms in total. The van der Waals surface area contributed by atoms with Gasteiger partial charge >= 0.3 is 0 Å². The summed E-state index contributed by atoms with van der Waals surface area (Å²) in [5, 5.41) is 3.37. The number of para-hydroxylation sites is 1. The number of fused-ring (bicyclic) bond motifs is 4.